The number of carboxylic acids is 1. The van der Waals surface area contributed by atoms with Gasteiger partial charge in [0.1, 0.15) is 6.33 Å². The third-order valence-corrected chi connectivity index (χ3v) is 1.94. The Morgan fingerprint density at radius 1 is 1.71 bits per heavy atom. The van der Waals surface area contributed by atoms with Crippen molar-refractivity contribution >= 4 is 23.1 Å². The number of anilines is 1. The van der Waals surface area contributed by atoms with Crippen LogP contribution in [-0.4, -0.2) is 44.4 Å². The van der Waals surface area contributed by atoms with Crippen molar-refractivity contribution in [2.75, 3.05) is 19.0 Å². The number of imidazole rings is 1. The Labute approximate surface area is 94.0 Å². The predicted molar refractivity (Wildman–Crippen MR) is 56.8 cm³/mol. The van der Waals surface area contributed by atoms with E-state index < -0.39 is 18.1 Å². The molecule has 2 rings (SSSR count). The summed E-state index contributed by atoms with van der Waals surface area (Å²) in [5.41, 5.74) is -0.203. The number of nitrogens with zero attached hydrogens (tertiary/aromatic N) is 3. The number of nitrogens with one attached hydrogen (secondary N) is 2. The molecule has 0 saturated carbocycles. The zero-order chi connectivity index (χ0) is 12.4. The van der Waals surface area contributed by atoms with Crippen LogP contribution in [0, 0.1) is 0 Å². The van der Waals surface area contributed by atoms with Crippen LogP contribution in [0.2, 0.25) is 0 Å². The van der Waals surface area contributed by atoms with Crippen molar-refractivity contribution in [3.63, 3.8) is 0 Å². The quantitative estimate of drug-likeness (QED) is 0.604. The molecule has 0 bridgehead atoms. The minimum Gasteiger partial charge on any atom is -0.479 e. The van der Waals surface area contributed by atoms with E-state index in [1.165, 1.54) is 6.33 Å². The largest absolute Gasteiger partial charge is 0.479 e. The third kappa shape index (κ3) is 2.02. The lowest BCUT2D eigenvalue weighted by molar-refractivity contribution is -0.142. The van der Waals surface area contributed by atoms with Gasteiger partial charge in [0.05, 0.1) is 0 Å². The van der Waals surface area contributed by atoms with Gasteiger partial charge in [0.25, 0.3) is 5.56 Å². The van der Waals surface area contributed by atoms with Crippen molar-refractivity contribution in [1.82, 2.24) is 19.7 Å². The number of hydrogen-bond acceptors (Lipinski definition) is 6. The SMILES string of the molecule is CNc1nc2c(ncn2OCC(=O)O)c(=O)[nH]1. The molecule has 0 spiro atoms. The van der Waals surface area contributed by atoms with Crippen LogP contribution in [0.25, 0.3) is 11.2 Å². The van der Waals surface area contributed by atoms with Gasteiger partial charge in [0.2, 0.25) is 18.2 Å². The number of fused-ring (bicyclic) bond motifs is 1. The minimum absolute atomic E-state index is 0.0781. The summed E-state index contributed by atoms with van der Waals surface area (Å²) in [6.45, 7) is -0.547. The van der Waals surface area contributed by atoms with Gasteiger partial charge in [-0.3, -0.25) is 9.78 Å². The molecule has 0 aliphatic heterocycles. The average molecular weight is 239 g/mol. The number of carboxylic acid groups (broad SMARTS) is 1. The van der Waals surface area contributed by atoms with Crippen molar-refractivity contribution in [3.05, 3.63) is 16.7 Å². The highest BCUT2D eigenvalue weighted by molar-refractivity contribution is 5.71. The molecule has 0 aromatic carbocycles. The fourth-order valence-corrected chi connectivity index (χ4v) is 1.23. The van der Waals surface area contributed by atoms with Gasteiger partial charge in [-0.2, -0.15) is 9.71 Å². The second-order valence-electron chi connectivity index (χ2n) is 3.07. The summed E-state index contributed by atoms with van der Waals surface area (Å²) in [6.07, 6.45) is 1.19. The van der Waals surface area contributed by atoms with E-state index in [1.807, 2.05) is 0 Å². The molecular formula is C8H9N5O4. The summed E-state index contributed by atoms with van der Waals surface area (Å²) >= 11 is 0. The van der Waals surface area contributed by atoms with Gasteiger partial charge in [0, 0.05) is 7.05 Å². The Kier molecular flexibility index (Phi) is 2.65. The number of aliphatic carboxylic acids is 1. The monoisotopic (exact) mass is 239 g/mol. The van der Waals surface area contributed by atoms with Crippen LogP contribution in [0.15, 0.2) is 11.1 Å². The highest BCUT2D eigenvalue weighted by Gasteiger charge is 2.11. The van der Waals surface area contributed by atoms with E-state index in [9.17, 15) is 9.59 Å². The second-order valence-corrected chi connectivity index (χ2v) is 3.07. The van der Waals surface area contributed by atoms with E-state index in [1.54, 1.807) is 7.05 Å². The van der Waals surface area contributed by atoms with E-state index in [0.29, 0.717) is 0 Å². The number of rotatable bonds is 4. The van der Waals surface area contributed by atoms with Crippen molar-refractivity contribution in [2.45, 2.75) is 0 Å². The summed E-state index contributed by atoms with van der Waals surface area (Å²) in [5.74, 6) is -0.895. The molecule has 0 fully saturated rings. The first kappa shape index (κ1) is 10.9. The molecule has 9 heteroatoms. The molecule has 0 aliphatic rings. The number of aromatic nitrogens is 4. The third-order valence-electron chi connectivity index (χ3n) is 1.94. The van der Waals surface area contributed by atoms with E-state index >= 15 is 0 Å². The van der Waals surface area contributed by atoms with E-state index in [2.05, 4.69) is 20.3 Å². The normalized spacial score (nSPS) is 10.4. The minimum atomic E-state index is -1.13. The lowest BCUT2D eigenvalue weighted by Gasteiger charge is -2.04. The van der Waals surface area contributed by atoms with Crippen molar-refractivity contribution in [1.29, 1.82) is 0 Å². The van der Waals surface area contributed by atoms with Crippen LogP contribution in [0.4, 0.5) is 5.95 Å². The molecule has 0 atom stereocenters. The first-order valence-corrected chi connectivity index (χ1v) is 4.62. The fraction of sp³-hybridized carbons (Fsp3) is 0.250. The molecule has 17 heavy (non-hydrogen) atoms. The molecule has 0 saturated heterocycles. The summed E-state index contributed by atoms with van der Waals surface area (Å²) in [6, 6.07) is 0. The maximum Gasteiger partial charge on any atom is 0.344 e. The van der Waals surface area contributed by atoms with Crippen LogP contribution >= 0.6 is 0 Å². The topological polar surface area (TPSA) is 122 Å². The van der Waals surface area contributed by atoms with Crippen LogP contribution in [0.5, 0.6) is 0 Å². The molecule has 2 aromatic rings. The molecule has 9 nitrogen and oxygen atoms in total. The molecule has 3 N–H and O–H groups in total. The predicted octanol–water partition coefficient (Wildman–Crippen LogP) is -1.33. The van der Waals surface area contributed by atoms with Crippen LogP contribution < -0.4 is 15.7 Å². The van der Waals surface area contributed by atoms with E-state index in [0.717, 1.165) is 4.73 Å². The first-order valence-electron chi connectivity index (χ1n) is 4.62. The molecule has 0 aliphatic carbocycles. The van der Waals surface area contributed by atoms with Gasteiger partial charge in [-0.05, 0) is 0 Å². The molecule has 0 amide bonds. The summed E-state index contributed by atoms with van der Waals surface area (Å²) in [4.78, 5) is 37.0. The lowest BCUT2D eigenvalue weighted by Crippen LogP contribution is -2.20. The van der Waals surface area contributed by atoms with E-state index in [4.69, 9.17) is 9.94 Å². The second kappa shape index (κ2) is 4.12. The highest BCUT2D eigenvalue weighted by atomic mass is 16.7. The van der Waals surface area contributed by atoms with Gasteiger partial charge < -0.3 is 15.3 Å². The molecule has 2 aromatic heterocycles. The average Bonchev–Trinajstić information content (AvgIpc) is 2.69. The lowest BCUT2D eigenvalue weighted by atomic mass is 10.5. The van der Waals surface area contributed by atoms with Crippen molar-refractivity contribution in [3.8, 4) is 0 Å². The summed E-state index contributed by atoms with van der Waals surface area (Å²) < 4.78 is 1.04. The van der Waals surface area contributed by atoms with Gasteiger partial charge in [-0.15, -0.1) is 0 Å². The number of H-pyrrole nitrogens is 1. The number of hydrogen-bond donors (Lipinski definition) is 3. The number of carbonyl (C=O) groups is 1. The molecule has 2 heterocycles. The standard InChI is InChI=1S/C8H9N5O4/c1-9-8-11-6-5(7(16)12-8)10-3-13(6)17-2-4(14)15/h3H,2H2,1H3,(H,14,15)(H2,9,11,12,16). The zero-order valence-electron chi connectivity index (χ0n) is 8.80. The summed E-state index contributed by atoms with van der Waals surface area (Å²) in [7, 11) is 1.59. The summed E-state index contributed by atoms with van der Waals surface area (Å²) in [5, 5.41) is 11.1. The first-order chi connectivity index (χ1) is 8.11. The molecule has 0 unspecified atom stereocenters. The van der Waals surface area contributed by atoms with Crippen molar-refractivity contribution < 1.29 is 14.7 Å². The maximum atomic E-state index is 11.5. The molecular weight excluding hydrogens is 230 g/mol. The van der Waals surface area contributed by atoms with E-state index in [-0.39, 0.29) is 17.1 Å². The van der Waals surface area contributed by atoms with Crippen LogP contribution in [0.3, 0.4) is 0 Å². The van der Waals surface area contributed by atoms with Crippen LogP contribution in [0.1, 0.15) is 0 Å². The fourth-order valence-electron chi connectivity index (χ4n) is 1.23. The Balaban J connectivity index is 2.47. The van der Waals surface area contributed by atoms with Gasteiger partial charge >= 0.3 is 5.97 Å². The Morgan fingerprint density at radius 2 is 2.47 bits per heavy atom. The number of aromatic amines is 1. The van der Waals surface area contributed by atoms with Crippen molar-refractivity contribution in [2.24, 2.45) is 0 Å². The smallest absolute Gasteiger partial charge is 0.344 e. The van der Waals surface area contributed by atoms with Gasteiger partial charge in [-0.25, -0.2) is 9.78 Å². The Bertz CT molecular complexity index is 616. The Hall–Kier alpha value is -2.58. The zero-order valence-corrected chi connectivity index (χ0v) is 8.80. The van der Waals surface area contributed by atoms with Gasteiger partial charge in [0.15, 0.2) is 5.52 Å². The highest BCUT2D eigenvalue weighted by Crippen LogP contribution is 2.05. The van der Waals surface area contributed by atoms with Gasteiger partial charge in [-0.1, -0.05) is 0 Å². The maximum absolute atomic E-state index is 11.5. The van der Waals surface area contributed by atoms with Crippen LogP contribution in [-0.2, 0) is 4.79 Å². The Morgan fingerprint density at radius 3 is 3.12 bits per heavy atom. The molecule has 90 valence electrons. The molecule has 0 radical (unpaired) electrons.